The van der Waals surface area contributed by atoms with Crippen molar-refractivity contribution in [1.29, 1.82) is 0 Å². The van der Waals surface area contributed by atoms with Gasteiger partial charge in [0.15, 0.2) is 0 Å². The van der Waals surface area contributed by atoms with Crippen LogP contribution >= 0.6 is 0 Å². The Hall–Kier alpha value is -0.780. The van der Waals surface area contributed by atoms with E-state index in [-0.39, 0.29) is 18.1 Å². The van der Waals surface area contributed by atoms with Gasteiger partial charge < -0.3 is 10.6 Å². The van der Waals surface area contributed by atoms with Gasteiger partial charge in [0.1, 0.15) is 0 Å². The molecule has 2 bridgehead atoms. The minimum Gasteiger partial charge on any atom is -0.345 e. The standard InChI is InChI=1S/C9H13F3N2O/c10-9(11,12)8(15)14-7-3-5-1-2-6(4-7)13-5/h5-7,13H,1-4H2,(H,14,15)/t5-,6+,7+. The molecule has 2 heterocycles. The van der Waals surface area contributed by atoms with Gasteiger partial charge in [-0.05, 0) is 25.7 Å². The summed E-state index contributed by atoms with van der Waals surface area (Å²) in [4.78, 5) is 10.7. The number of fused-ring (bicyclic) bond motifs is 2. The molecule has 0 aromatic carbocycles. The number of amides is 1. The van der Waals surface area contributed by atoms with Crippen LogP contribution in [0.5, 0.6) is 0 Å². The molecule has 0 saturated carbocycles. The molecule has 0 spiro atoms. The predicted octanol–water partition coefficient (Wildman–Crippen LogP) is 0.948. The second-order valence-electron chi connectivity index (χ2n) is 4.28. The molecular weight excluding hydrogens is 209 g/mol. The molecule has 2 aliphatic heterocycles. The maximum atomic E-state index is 12.0. The minimum atomic E-state index is -4.76. The molecule has 86 valence electrons. The fourth-order valence-electron chi connectivity index (χ4n) is 2.44. The van der Waals surface area contributed by atoms with Crippen LogP contribution in [0.3, 0.4) is 0 Å². The van der Waals surface area contributed by atoms with Crippen molar-refractivity contribution in [1.82, 2.24) is 10.6 Å². The molecule has 0 unspecified atom stereocenters. The lowest BCUT2D eigenvalue weighted by molar-refractivity contribution is -0.174. The van der Waals surface area contributed by atoms with Crippen molar-refractivity contribution in [3.63, 3.8) is 0 Å². The van der Waals surface area contributed by atoms with Gasteiger partial charge in [-0.3, -0.25) is 4.79 Å². The Labute approximate surface area is 85.4 Å². The highest BCUT2D eigenvalue weighted by molar-refractivity contribution is 5.81. The van der Waals surface area contributed by atoms with E-state index in [2.05, 4.69) is 10.6 Å². The second kappa shape index (κ2) is 3.66. The molecule has 0 radical (unpaired) electrons. The van der Waals surface area contributed by atoms with Crippen LogP contribution < -0.4 is 10.6 Å². The highest BCUT2D eigenvalue weighted by Crippen LogP contribution is 2.27. The van der Waals surface area contributed by atoms with E-state index in [4.69, 9.17) is 0 Å². The van der Waals surface area contributed by atoms with Crippen LogP contribution in [0.2, 0.25) is 0 Å². The van der Waals surface area contributed by atoms with E-state index < -0.39 is 12.1 Å². The van der Waals surface area contributed by atoms with Crippen molar-refractivity contribution >= 4 is 5.91 Å². The summed E-state index contributed by atoms with van der Waals surface area (Å²) in [6, 6.07) is 0.238. The van der Waals surface area contributed by atoms with Crippen LogP contribution in [0.25, 0.3) is 0 Å². The van der Waals surface area contributed by atoms with Crippen molar-refractivity contribution in [3.05, 3.63) is 0 Å². The van der Waals surface area contributed by atoms with Crippen molar-refractivity contribution < 1.29 is 18.0 Å². The van der Waals surface area contributed by atoms with Crippen LogP contribution in [0, 0.1) is 0 Å². The number of hydrogen-bond donors (Lipinski definition) is 2. The van der Waals surface area contributed by atoms with E-state index in [1.54, 1.807) is 0 Å². The third-order valence-electron chi connectivity index (χ3n) is 3.07. The molecule has 15 heavy (non-hydrogen) atoms. The number of halogens is 3. The maximum absolute atomic E-state index is 12.0. The lowest BCUT2D eigenvalue weighted by Crippen LogP contribution is -2.50. The maximum Gasteiger partial charge on any atom is 0.471 e. The van der Waals surface area contributed by atoms with Gasteiger partial charge in [0.25, 0.3) is 0 Å². The number of alkyl halides is 3. The number of nitrogens with one attached hydrogen (secondary N) is 2. The lowest BCUT2D eigenvalue weighted by Gasteiger charge is -2.29. The summed E-state index contributed by atoms with van der Waals surface area (Å²) in [6.07, 6.45) is -1.54. The molecule has 2 aliphatic rings. The van der Waals surface area contributed by atoms with Gasteiger partial charge in [0.05, 0.1) is 0 Å². The van der Waals surface area contributed by atoms with Crippen molar-refractivity contribution in [3.8, 4) is 0 Å². The van der Waals surface area contributed by atoms with E-state index in [1.165, 1.54) is 0 Å². The highest BCUT2D eigenvalue weighted by Gasteiger charge is 2.42. The van der Waals surface area contributed by atoms with Gasteiger partial charge in [-0.1, -0.05) is 0 Å². The van der Waals surface area contributed by atoms with Crippen molar-refractivity contribution in [2.45, 2.75) is 50.0 Å². The van der Waals surface area contributed by atoms with Gasteiger partial charge >= 0.3 is 12.1 Å². The number of rotatable bonds is 1. The first-order valence-electron chi connectivity index (χ1n) is 5.09. The number of carbonyl (C=O) groups excluding carboxylic acids is 1. The van der Waals surface area contributed by atoms with Crippen LogP contribution in [-0.4, -0.2) is 30.2 Å². The van der Waals surface area contributed by atoms with E-state index >= 15 is 0 Å². The quantitative estimate of drug-likeness (QED) is 0.693. The second-order valence-corrected chi connectivity index (χ2v) is 4.28. The van der Waals surface area contributed by atoms with Crippen LogP contribution in [0.1, 0.15) is 25.7 Å². The first-order valence-corrected chi connectivity index (χ1v) is 5.09. The predicted molar refractivity (Wildman–Crippen MR) is 47.2 cm³/mol. The average Bonchev–Trinajstić information content (AvgIpc) is 2.44. The third-order valence-corrected chi connectivity index (χ3v) is 3.07. The van der Waals surface area contributed by atoms with Gasteiger partial charge in [0, 0.05) is 18.1 Å². The Morgan fingerprint density at radius 1 is 1.20 bits per heavy atom. The number of piperidine rings is 1. The summed E-state index contributed by atoms with van der Waals surface area (Å²) in [6.45, 7) is 0. The van der Waals surface area contributed by atoms with Gasteiger partial charge in [0.2, 0.25) is 0 Å². The Bertz CT molecular complexity index is 255. The van der Waals surface area contributed by atoms with E-state index in [9.17, 15) is 18.0 Å². The molecule has 0 aliphatic carbocycles. The van der Waals surface area contributed by atoms with Crippen LogP contribution in [0.4, 0.5) is 13.2 Å². The molecule has 2 saturated heterocycles. The van der Waals surface area contributed by atoms with Crippen LogP contribution in [0.15, 0.2) is 0 Å². The Morgan fingerprint density at radius 3 is 2.20 bits per heavy atom. The molecule has 3 nitrogen and oxygen atoms in total. The molecule has 0 aromatic rings. The summed E-state index contributed by atoms with van der Waals surface area (Å²) >= 11 is 0. The Balaban J connectivity index is 1.88. The monoisotopic (exact) mass is 222 g/mol. The lowest BCUT2D eigenvalue weighted by atomic mass is 10.00. The smallest absolute Gasteiger partial charge is 0.345 e. The number of hydrogen-bond acceptors (Lipinski definition) is 2. The van der Waals surface area contributed by atoms with E-state index in [1.807, 2.05) is 0 Å². The summed E-state index contributed by atoms with van der Waals surface area (Å²) in [7, 11) is 0. The summed E-state index contributed by atoms with van der Waals surface area (Å²) in [5, 5.41) is 5.36. The zero-order valence-electron chi connectivity index (χ0n) is 8.10. The van der Waals surface area contributed by atoms with Gasteiger partial charge in [-0.15, -0.1) is 0 Å². The van der Waals surface area contributed by atoms with E-state index in [0.717, 1.165) is 12.8 Å². The van der Waals surface area contributed by atoms with Crippen molar-refractivity contribution in [2.75, 3.05) is 0 Å². The molecule has 2 fully saturated rings. The molecule has 1 amide bonds. The fraction of sp³-hybridized carbons (Fsp3) is 0.889. The Kier molecular flexibility index (Phi) is 2.62. The normalized spacial score (nSPS) is 35.3. The zero-order chi connectivity index (χ0) is 11.1. The first-order chi connectivity index (χ1) is 6.95. The molecular formula is C9H13F3N2O. The van der Waals surface area contributed by atoms with Crippen molar-refractivity contribution in [2.24, 2.45) is 0 Å². The first kappa shape index (κ1) is 10.7. The Morgan fingerprint density at radius 2 is 1.73 bits per heavy atom. The summed E-state index contributed by atoms with van der Waals surface area (Å²) < 4.78 is 36.0. The molecule has 6 heteroatoms. The zero-order valence-corrected chi connectivity index (χ0v) is 8.10. The van der Waals surface area contributed by atoms with E-state index in [0.29, 0.717) is 12.8 Å². The van der Waals surface area contributed by atoms with Gasteiger partial charge in [-0.2, -0.15) is 13.2 Å². The summed E-state index contributed by atoms with van der Waals surface area (Å²) in [5.74, 6) is -1.81. The molecule has 0 aromatic heterocycles. The van der Waals surface area contributed by atoms with Gasteiger partial charge in [-0.25, -0.2) is 0 Å². The molecule has 2 N–H and O–H groups in total. The largest absolute Gasteiger partial charge is 0.471 e. The molecule has 2 rings (SSSR count). The highest BCUT2D eigenvalue weighted by atomic mass is 19.4. The molecule has 3 atom stereocenters. The van der Waals surface area contributed by atoms with Crippen LogP contribution in [-0.2, 0) is 4.79 Å². The summed E-state index contributed by atoms with van der Waals surface area (Å²) in [5.41, 5.74) is 0. The third kappa shape index (κ3) is 2.42. The SMILES string of the molecule is O=C(N[C@H]1C[C@H]2CC[C@@H](C1)N2)C(F)(F)F. The minimum absolute atomic E-state index is 0.280. The number of carbonyl (C=O) groups is 1. The fourth-order valence-corrected chi connectivity index (χ4v) is 2.44. The topological polar surface area (TPSA) is 41.1 Å². The average molecular weight is 222 g/mol.